The third-order valence-corrected chi connectivity index (χ3v) is 8.78. The van der Waals surface area contributed by atoms with Gasteiger partial charge in [-0.25, -0.2) is 0 Å². The fraction of sp³-hybridized carbons (Fsp3) is 0.588. The van der Waals surface area contributed by atoms with E-state index in [0.717, 1.165) is 5.56 Å². The Morgan fingerprint density at radius 1 is 0.636 bits per heavy atom. The molecule has 6 amide bonds. The van der Waals surface area contributed by atoms with Gasteiger partial charge in [-0.05, 0) is 69.1 Å². The molecule has 1 aromatic carbocycles. The average Bonchev–Trinajstić information content (AvgIpc) is 3.14. The Balaban J connectivity index is 3.31. The van der Waals surface area contributed by atoms with Crippen molar-refractivity contribution >= 4 is 59.1 Å². The third-order valence-electron chi connectivity index (χ3n) is 8.14. The summed E-state index contributed by atoms with van der Waals surface area (Å²) in [4.78, 5) is 78.9. The van der Waals surface area contributed by atoms with Crippen LogP contribution in [0.1, 0.15) is 56.9 Å². The number of hydrogen-bond donors (Lipinski definition) is 14. The van der Waals surface area contributed by atoms with Gasteiger partial charge in [0.25, 0.3) is 0 Å². The van der Waals surface area contributed by atoms with Gasteiger partial charge in [0.05, 0.1) is 12.6 Å². The summed E-state index contributed by atoms with van der Waals surface area (Å²) in [5.41, 5.74) is 28.3. The lowest BCUT2D eigenvalue weighted by atomic mass is 10.0. The van der Waals surface area contributed by atoms with Gasteiger partial charge in [0.15, 0.2) is 11.9 Å². The van der Waals surface area contributed by atoms with Crippen LogP contribution in [0.5, 0.6) is 0 Å². The number of carbonyl (C=O) groups is 6. The summed E-state index contributed by atoms with van der Waals surface area (Å²) < 4.78 is 0. The molecule has 0 heterocycles. The molecule has 0 spiro atoms. The molecule has 0 aliphatic rings. The molecule has 19 N–H and O–H groups in total. The lowest BCUT2D eigenvalue weighted by Gasteiger charge is -2.27. The molecule has 1 rings (SSSR count). The fourth-order valence-corrected chi connectivity index (χ4v) is 5.66. The minimum absolute atomic E-state index is 0.0477. The Bertz CT molecular complexity index is 1410. The number of guanidine groups is 2. The van der Waals surface area contributed by atoms with Gasteiger partial charge in [-0.3, -0.25) is 39.6 Å². The molecule has 0 aliphatic heterocycles. The van der Waals surface area contributed by atoms with Crippen molar-refractivity contribution in [1.82, 2.24) is 37.2 Å². The number of hydrogen-bond acceptors (Lipinski definition) is 11. The summed E-state index contributed by atoms with van der Waals surface area (Å²) in [6, 6.07) is 3.37. The summed E-state index contributed by atoms with van der Waals surface area (Å²) in [7, 11) is 0. The number of thioether (sulfide) groups is 1. The SMILES string of the molecule is CSCCC(NC(=O)C(CCCNC(=N)N)NC(=O)C(CCCNC(=N)N)NC(=O)C(N)CCCCN)C(=O)NC(Cc1ccccc1)C(=O)NCC(N)=O. The maximum Gasteiger partial charge on any atom is 0.243 e. The van der Waals surface area contributed by atoms with Gasteiger partial charge in [-0.2, -0.15) is 11.8 Å². The Hall–Kier alpha value is -5.15. The van der Waals surface area contributed by atoms with Crippen molar-refractivity contribution in [2.45, 2.75) is 88.0 Å². The van der Waals surface area contributed by atoms with E-state index >= 15 is 0 Å². The minimum atomic E-state index is -1.21. The molecular weight excluding hydrogens is 733 g/mol. The van der Waals surface area contributed by atoms with Crippen LogP contribution in [0.25, 0.3) is 0 Å². The van der Waals surface area contributed by atoms with Crippen molar-refractivity contribution in [2.75, 3.05) is 38.2 Å². The molecule has 21 heteroatoms. The molecule has 0 bridgehead atoms. The molecule has 0 radical (unpaired) electrons. The molecule has 0 saturated carbocycles. The second-order valence-electron chi connectivity index (χ2n) is 12.8. The third kappa shape index (κ3) is 21.4. The first-order valence-electron chi connectivity index (χ1n) is 18.1. The summed E-state index contributed by atoms with van der Waals surface area (Å²) in [5, 5.41) is 33.3. The zero-order valence-corrected chi connectivity index (χ0v) is 32.2. The first kappa shape index (κ1) is 47.9. The lowest BCUT2D eigenvalue weighted by molar-refractivity contribution is -0.135. The van der Waals surface area contributed by atoms with Crippen molar-refractivity contribution < 1.29 is 28.8 Å². The maximum absolute atomic E-state index is 13.9. The summed E-state index contributed by atoms with van der Waals surface area (Å²) in [6.45, 7) is 0.424. The molecular formula is C34H60N14O6S. The number of unbranched alkanes of at least 4 members (excludes halogenated alkanes) is 1. The minimum Gasteiger partial charge on any atom is -0.370 e. The van der Waals surface area contributed by atoms with Crippen LogP contribution >= 0.6 is 11.8 Å². The molecule has 5 atom stereocenters. The van der Waals surface area contributed by atoms with Gasteiger partial charge < -0.3 is 65.9 Å². The second-order valence-corrected chi connectivity index (χ2v) is 13.7. The summed E-state index contributed by atoms with van der Waals surface area (Å²) >= 11 is 1.43. The van der Waals surface area contributed by atoms with E-state index in [1.807, 2.05) is 6.26 Å². The second kappa shape index (κ2) is 27.4. The van der Waals surface area contributed by atoms with E-state index in [1.165, 1.54) is 11.8 Å². The normalized spacial score (nSPS) is 13.4. The summed E-state index contributed by atoms with van der Waals surface area (Å²) in [5.74, 6) is -4.16. The maximum atomic E-state index is 13.9. The Kier molecular flexibility index (Phi) is 23.9. The first-order valence-corrected chi connectivity index (χ1v) is 19.5. The largest absolute Gasteiger partial charge is 0.370 e. The van der Waals surface area contributed by atoms with Crippen LogP contribution in [0.15, 0.2) is 30.3 Å². The van der Waals surface area contributed by atoms with Crippen LogP contribution < -0.4 is 65.9 Å². The molecule has 55 heavy (non-hydrogen) atoms. The zero-order chi connectivity index (χ0) is 41.2. The molecule has 0 aromatic heterocycles. The number of benzene rings is 1. The fourth-order valence-electron chi connectivity index (χ4n) is 5.19. The number of carbonyl (C=O) groups excluding carboxylic acids is 6. The van der Waals surface area contributed by atoms with Gasteiger partial charge in [-0.1, -0.05) is 36.8 Å². The lowest BCUT2D eigenvalue weighted by Crippen LogP contribution is -2.59. The van der Waals surface area contributed by atoms with Gasteiger partial charge >= 0.3 is 0 Å². The van der Waals surface area contributed by atoms with E-state index in [2.05, 4.69) is 37.2 Å². The van der Waals surface area contributed by atoms with Gasteiger partial charge in [0, 0.05) is 19.5 Å². The van der Waals surface area contributed by atoms with Crippen LogP contribution in [0.4, 0.5) is 0 Å². The van der Waals surface area contributed by atoms with Gasteiger partial charge in [-0.15, -0.1) is 0 Å². The Morgan fingerprint density at radius 2 is 1.13 bits per heavy atom. The smallest absolute Gasteiger partial charge is 0.243 e. The number of nitrogens with two attached hydrogens (primary N) is 5. The van der Waals surface area contributed by atoms with E-state index < -0.39 is 72.2 Å². The molecule has 5 unspecified atom stereocenters. The molecule has 0 saturated heterocycles. The monoisotopic (exact) mass is 792 g/mol. The van der Waals surface area contributed by atoms with Crippen molar-refractivity contribution in [2.24, 2.45) is 28.7 Å². The molecule has 20 nitrogen and oxygen atoms in total. The summed E-state index contributed by atoms with van der Waals surface area (Å²) in [6.07, 6.45) is 4.42. The molecule has 0 aliphatic carbocycles. The predicted octanol–water partition coefficient (Wildman–Crippen LogP) is -3.49. The molecule has 308 valence electrons. The van der Waals surface area contributed by atoms with Crippen LogP contribution in [0.3, 0.4) is 0 Å². The van der Waals surface area contributed by atoms with Crippen molar-refractivity contribution in [3.05, 3.63) is 35.9 Å². The quantitative estimate of drug-likeness (QED) is 0.0223. The molecule has 0 fully saturated rings. The highest BCUT2D eigenvalue weighted by Gasteiger charge is 2.32. The van der Waals surface area contributed by atoms with Crippen molar-refractivity contribution in [3.63, 3.8) is 0 Å². The predicted molar refractivity (Wildman–Crippen MR) is 212 cm³/mol. The molecule has 1 aromatic rings. The number of primary amides is 1. The highest BCUT2D eigenvalue weighted by Crippen LogP contribution is 2.09. The highest BCUT2D eigenvalue weighted by molar-refractivity contribution is 7.98. The van der Waals surface area contributed by atoms with E-state index in [9.17, 15) is 28.8 Å². The Morgan fingerprint density at radius 3 is 1.60 bits per heavy atom. The van der Waals surface area contributed by atoms with E-state index in [0.29, 0.717) is 38.0 Å². The van der Waals surface area contributed by atoms with Crippen LogP contribution in [0, 0.1) is 10.8 Å². The van der Waals surface area contributed by atoms with E-state index in [-0.39, 0.29) is 57.1 Å². The van der Waals surface area contributed by atoms with Crippen molar-refractivity contribution in [1.29, 1.82) is 10.8 Å². The number of amides is 6. The van der Waals surface area contributed by atoms with Gasteiger partial charge in [0.2, 0.25) is 35.4 Å². The Labute approximate surface area is 326 Å². The van der Waals surface area contributed by atoms with Crippen LogP contribution in [-0.2, 0) is 35.2 Å². The van der Waals surface area contributed by atoms with Gasteiger partial charge in [0.1, 0.15) is 24.2 Å². The van der Waals surface area contributed by atoms with Crippen molar-refractivity contribution in [3.8, 4) is 0 Å². The highest BCUT2D eigenvalue weighted by atomic mass is 32.2. The zero-order valence-electron chi connectivity index (χ0n) is 31.4. The van der Waals surface area contributed by atoms with E-state index in [1.54, 1.807) is 30.3 Å². The van der Waals surface area contributed by atoms with Crippen LogP contribution in [-0.4, -0.2) is 116 Å². The standard InChI is InChI=1S/C34H60N14O6S/c1-55-18-14-25(32(54)48-26(29(51)44-20-27(37)49)19-21-9-3-2-4-10-21)47-31(53)24(13-8-17-43-34(40)41)46-30(52)23(12-7-16-42-33(38)39)45-28(50)22(36)11-5-6-15-35/h2-4,9-10,22-26H,5-8,11-20,35-36H2,1H3,(H2,37,49)(H,44,51)(H,45,50)(H,46,52)(H,47,53)(H,48,54)(H4,38,39,42)(H4,40,41,43). The van der Waals surface area contributed by atoms with Crippen LogP contribution in [0.2, 0.25) is 0 Å². The van der Waals surface area contributed by atoms with E-state index in [4.69, 9.17) is 39.5 Å². The average molecular weight is 793 g/mol. The first-order chi connectivity index (χ1) is 26.2. The number of rotatable bonds is 28. The number of nitrogens with one attached hydrogen (secondary N) is 9. The topological polar surface area (TPSA) is 364 Å².